The van der Waals surface area contributed by atoms with Crippen LogP contribution in [0.4, 0.5) is 5.69 Å². The first-order chi connectivity index (χ1) is 17.7. The van der Waals surface area contributed by atoms with Gasteiger partial charge in [-0.15, -0.1) is 0 Å². The van der Waals surface area contributed by atoms with Gasteiger partial charge in [0.25, 0.3) is 15.9 Å². The number of sulfonamides is 1. The molecule has 2 atom stereocenters. The van der Waals surface area contributed by atoms with Crippen LogP contribution >= 0.6 is 0 Å². The number of nitrogens with zero attached hydrogens (tertiary/aromatic N) is 1. The van der Waals surface area contributed by atoms with E-state index in [4.69, 9.17) is 4.74 Å². The summed E-state index contributed by atoms with van der Waals surface area (Å²) in [7, 11) is -3.95. The van der Waals surface area contributed by atoms with E-state index in [9.17, 15) is 13.2 Å². The number of hydrogen-bond donors (Lipinski definition) is 1. The third-order valence-electron chi connectivity index (χ3n) is 7.30. The lowest BCUT2D eigenvalue weighted by atomic mass is 9.86. The summed E-state index contributed by atoms with van der Waals surface area (Å²) >= 11 is 0. The highest BCUT2D eigenvalue weighted by atomic mass is 32.2. The summed E-state index contributed by atoms with van der Waals surface area (Å²) < 4.78 is 35.2. The zero-order valence-corrected chi connectivity index (χ0v) is 24.4. The van der Waals surface area contributed by atoms with E-state index in [2.05, 4.69) is 45.1 Å². The minimum Gasteiger partial charge on any atom is -0.476 e. The number of nitrogens with one attached hydrogen (secondary N) is 1. The number of aryl methyl sites for hydroxylation is 4. The van der Waals surface area contributed by atoms with Crippen LogP contribution in [-0.2, 0) is 20.2 Å². The molecule has 0 unspecified atom stereocenters. The van der Waals surface area contributed by atoms with E-state index in [-0.39, 0.29) is 28.8 Å². The van der Waals surface area contributed by atoms with Crippen LogP contribution < -0.4 is 14.4 Å². The average molecular weight is 535 g/mol. The normalized spacial score (nSPS) is 16.4. The van der Waals surface area contributed by atoms with Crippen molar-refractivity contribution in [2.75, 3.05) is 10.8 Å². The molecule has 0 aromatic heterocycles. The van der Waals surface area contributed by atoms with Crippen LogP contribution in [0.15, 0.2) is 59.5 Å². The van der Waals surface area contributed by atoms with Crippen molar-refractivity contribution in [2.45, 2.75) is 77.8 Å². The first-order valence-corrected chi connectivity index (χ1v) is 14.4. The number of carbonyl (C=O) groups is 1. The zero-order chi connectivity index (χ0) is 28.0. The van der Waals surface area contributed by atoms with Gasteiger partial charge in [-0.3, -0.25) is 9.10 Å². The van der Waals surface area contributed by atoms with E-state index in [1.54, 1.807) is 30.3 Å². The smallest absolute Gasteiger partial charge is 0.264 e. The fourth-order valence-electron chi connectivity index (χ4n) is 4.75. The molecule has 1 aliphatic heterocycles. The summed E-state index contributed by atoms with van der Waals surface area (Å²) in [6, 6.07) is 16.3. The van der Waals surface area contributed by atoms with Crippen molar-refractivity contribution in [3.05, 3.63) is 88.0 Å². The Balaban J connectivity index is 1.70. The van der Waals surface area contributed by atoms with Crippen molar-refractivity contribution < 1.29 is 17.9 Å². The molecular formula is C31H38N2O4S. The summed E-state index contributed by atoms with van der Waals surface area (Å²) in [6.07, 6.45) is -1.00. The molecule has 0 saturated carbocycles. The largest absolute Gasteiger partial charge is 0.476 e. The van der Waals surface area contributed by atoms with Crippen LogP contribution in [0.1, 0.15) is 67.1 Å². The van der Waals surface area contributed by atoms with Gasteiger partial charge >= 0.3 is 0 Å². The van der Waals surface area contributed by atoms with Crippen molar-refractivity contribution >= 4 is 21.6 Å². The molecule has 4 rings (SSSR count). The van der Waals surface area contributed by atoms with Gasteiger partial charge in [-0.25, -0.2) is 8.42 Å². The van der Waals surface area contributed by atoms with Crippen LogP contribution in [-0.4, -0.2) is 27.0 Å². The predicted octanol–water partition coefficient (Wildman–Crippen LogP) is 6.05. The van der Waals surface area contributed by atoms with Gasteiger partial charge in [0.15, 0.2) is 6.10 Å². The fraction of sp³-hybridized carbons (Fsp3) is 0.387. The molecule has 0 spiro atoms. The molecule has 1 aliphatic rings. The van der Waals surface area contributed by atoms with Gasteiger partial charge in [0.1, 0.15) is 5.75 Å². The Morgan fingerprint density at radius 3 is 2.21 bits per heavy atom. The van der Waals surface area contributed by atoms with Crippen LogP contribution in [0.3, 0.4) is 0 Å². The Morgan fingerprint density at radius 2 is 1.58 bits per heavy atom. The fourth-order valence-corrected chi connectivity index (χ4v) is 6.22. The second-order valence-corrected chi connectivity index (χ2v) is 13.3. The summed E-state index contributed by atoms with van der Waals surface area (Å²) in [5, 5.41) is 3.05. The van der Waals surface area contributed by atoms with Crippen molar-refractivity contribution in [3.8, 4) is 5.75 Å². The monoisotopic (exact) mass is 534 g/mol. The van der Waals surface area contributed by atoms with E-state index >= 15 is 0 Å². The number of anilines is 1. The van der Waals surface area contributed by atoms with Gasteiger partial charge in [0, 0.05) is 0 Å². The Kier molecular flexibility index (Phi) is 7.36. The Bertz CT molecular complexity index is 1470. The van der Waals surface area contributed by atoms with Crippen LogP contribution in [0.5, 0.6) is 5.75 Å². The second kappa shape index (κ2) is 10.1. The van der Waals surface area contributed by atoms with Gasteiger partial charge in [-0.2, -0.15) is 0 Å². The zero-order valence-electron chi connectivity index (χ0n) is 23.5. The lowest BCUT2D eigenvalue weighted by molar-refractivity contribution is -0.128. The lowest BCUT2D eigenvalue weighted by Gasteiger charge is -2.36. The van der Waals surface area contributed by atoms with Crippen molar-refractivity contribution in [3.63, 3.8) is 0 Å². The van der Waals surface area contributed by atoms with Crippen molar-refractivity contribution in [2.24, 2.45) is 0 Å². The molecule has 7 heteroatoms. The molecule has 202 valence electrons. The summed E-state index contributed by atoms with van der Waals surface area (Å²) in [5.41, 5.74) is 6.66. The molecule has 1 heterocycles. The van der Waals surface area contributed by atoms with Crippen LogP contribution in [0.25, 0.3) is 0 Å². The number of amides is 1. The number of fused-ring (bicyclic) bond motifs is 1. The van der Waals surface area contributed by atoms with E-state index in [1.165, 1.54) is 9.87 Å². The Hall–Kier alpha value is -3.32. The highest BCUT2D eigenvalue weighted by Crippen LogP contribution is 2.40. The standard InChI is InChI=1S/C31H38N2O4S/c1-19-9-12-25(13-10-19)38(35,36)33-18-29(37-28-14-11-24(17-27(28)33)31(6,7)8)30(34)32-23(5)26-16-21(3)20(2)15-22(26)4/h9-17,23,29H,18H2,1-8H3,(H,32,34)/t23-,29+/m0/s1. The molecule has 0 radical (unpaired) electrons. The number of hydrogen-bond acceptors (Lipinski definition) is 4. The van der Waals surface area contributed by atoms with Gasteiger partial charge in [-0.05, 0) is 92.1 Å². The second-order valence-electron chi connectivity index (χ2n) is 11.4. The average Bonchev–Trinajstić information content (AvgIpc) is 2.84. The first-order valence-electron chi connectivity index (χ1n) is 13.0. The number of carbonyl (C=O) groups excluding carboxylic acids is 1. The SMILES string of the molecule is Cc1ccc(S(=O)(=O)N2C[C@H](C(=O)N[C@@H](C)c3cc(C)c(C)cc3C)Oc3ccc(C(C)(C)C)cc32)cc1. The predicted molar refractivity (Wildman–Crippen MR) is 152 cm³/mol. The molecule has 0 fully saturated rings. The molecule has 0 bridgehead atoms. The number of ether oxygens (including phenoxy) is 1. The van der Waals surface area contributed by atoms with Gasteiger partial charge in [0.05, 0.1) is 23.2 Å². The minimum absolute atomic E-state index is 0.124. The van der Waals surface area contributed by atoms with Crippen molar-refractivity contribution in [1.29, 1.82) is 0 Å². The minimum atomic E-state index is -3.95. The molecule has 38 heavy (non-hydrogen) atoms. The molecule has 3 aromatic rings. The summed E-state index contributed by atoms with van der Waals surface area (Å²) in [5.74, 6) is 0.0138. The van der Waals surface area contributed by atoms with Gasteiger partial charge in [-0.1, -0.05) is 56.7 Å². The highest BCUT2D eigenvalue weighted by molar-refractivity contribution is 7.92. The third-order valence-corrected chi connectivity index (χ3v) is 9.10. The molecule has 3 aromatic carbocycles. The van der Waals surface area contributed by atoms with Crippen LogP contribution in [0.2, 0.25) is 0 Å². The Morgan fingerprint density at radius 1 is 0.947 bits per heavy atom. The maximum Gasteiger partial charge on any atom is 0.264 e. The Labute approximate surface area is 227 Å². The maximum atomic E-state index is 13.9. The van der Waals surface area contributed by atoms with Gasteiger partial charge < -0.3 is 10.1 Å². The third kappa shape index (κ3) is 5.44. The lowest BCUT2D eigenvalue weighted by Crippen LogP contribution is -2.51. The first kappa shape index (κ1) is 27.7. The number of rotatable bonds is 5. The molecule has 1 N–H and O–H groups in total. The number of benzene rings is 3. The highest BCUT2D eigenvalue weighted by Gasteiger charge is 2.38. The molecule has 0 saturated heterocycles. The van der Waals surface area contributed by atoms with E-state index in [0.717, 1.165) is 27.8 Å². The summed E-state index contributed by atoms with van der Waals surface area (Å²) in [6.45, 7) is 16.1. The van der Waals surface area contributed by atoms with Crippen LogP contribution in [0, 0.1) is 27.7 Å². The van der Waals surface area contributed by atoms with Crippen molar-refractivity contribution in [1.82, 2.24) is 5.32 Å². The quantitative estimate of drug-likeness (QED) is 0.432. The molecule has 1 amide bonds. The molecular weight excluding hydrogens is 496 g/mol. The van der Waals surface area contributed by atoms with E-state index in [0.29, 0.717) is 11.4 Å². The van der Waals surface area contributed by atoms with E-state index < -0.39 is 16.1 Å². The molecule has 6 nitrogen and oxygen atoms in total. The molecule has 0 aliphatic carbocycles. The summed E-state index contributed by atoms with van der Waals surface area (Å²) in [4.78, 5) is 13.7. The topological polar surface area (TPSA) is 75.7 Å². The van der Waals surface area contributed by atoms with Gasteiger partial charge in [0.2, 0.25) is 0 Å². The van der Waals surface area contributed by atoms with E-state index in [1.807, 2.05) is 39.8 Å². The maximum absolute atomic E-state index is 13.9.